The third-order valence-electron chi connectivity index (χ3n) is 2.93. The Morgan fingerprint density at radius 3 is 3.05 bits per heavy atom. The zero-order valence-corrected chi connectivity index (χ0v) is 11.3. The standard InChI is InChI=1S/C12H13ClFN3O4/c13-12(3-1-4-14)9(19)7(6-18)21-10(12)17-5-2-8(15)16-11(17)20/h2,5,7,9-10,18-19H,4,6H2,(H2,15,16,20)/t7-,9+,10-,12?/m1/s1/i6D2. The Morgan fingerprint density at radius 1 is 1.76 bits per heavy atom. The van der Waals surface area contributed by atoms with Gasteiger partial charge in [-0.2, -0.15) is 4.98 Å². The van der Waals surface area contributed by atoms with Crippen molar-refractivity contribution in [2.24, 2.45) is 0 Å². The number of nitrogens with two attached hydrogens (primary N) is 1. The second kappa shape index (κ2) is 5.99. The van der Waals surface area contributed by atoms with E-state index in [0.717, 1.165) is 10.8 Å². The van der Waals surface area contributed by atoms with Crippen LogP contribution in [0.2, 0.25) is 0 Å². The molecular weight excluding hydrogens is 305 g/mol. The fourth-order valence-corrected chi connectivity index (χ4v) is 2.29. The van der Waals surface area contributed by atoms with Crippen molar-refractivity contribution in [1.82, 2.24) is 9.55 Å². The minimum absolute atomic E-state index is 0.0751. The molecule has 2 rings (SSSR count). The van der Waals surface area contributed by atoms with Gasteiger partial charge in [-0.15, -0.1) is 0 Å². The number of nitrogen functional groups attached to an aromatic ring is 1. The summed E-state index contributed by atoms with van der Waals surface area (Å²) in [5.41, 5.74) is 4.48. The van der Waals surface area contributed by atoms with E-state index in [-0.39, 0.29) is 5.82 Å². The average molecular weight is 320 g/mol. The molecule has 0 aliphatic carbocycles. The van der Waals surface area contributed by atoms with Gasteiger partial charge in [-0.3, -0.25) is 4.57 Å². The SMILES string of the molecule is [2H]C([2H])(O)[C@H]1O[C@@H](n2ccc(N)nc2=O)C(Cl)(C#CCF)[C@H]1O. The Kier molecular flexibility index (Phi) is 3.72. The maximum Gasteiger partial charge on any atom is 0.351 e. The van der Waals surface area contributed by atoms with Gasteiger partial charge in [-0.1, -0.05) is 23.4 Å². The van der Waals surface area contributed by atoms with Crippen LogP contribution in [-0.2, 0) is 4.74 Å². The van der Waals surface area contributed by atoms with Crippen LogP contribution in [0.15, 0.2) is 17.1 Å². The molecule has 1 aliphatic heterocycles. The van der Waals surface area contributed by atoms with Gasteiger partial charge in [0.2, 0.25) is 0 Å². The van der Waals surface area contributed by atoms with Gasteiger partial charge >= 0.3 is 5.69 Å². The summed E-state index contributed by atoms with van der Waals surface area (Å²) < 4.78 is 33.0. The molecule has 1 fully saturated rings. The van der Waals surface area contributed by atoms with Crippen LogP contribution in [0.25, 0.3) is 0 Å². The Hall–Kier alpha value is -1.66. The van der Waals surface area contributed by atoms with Crippen molar-refractivity contribution < 1.29 is 22.1 Å². The van der Waals surface area contributed by atoms with E-state index in [9.17, 15) is 19.4 Å². The van der Waals surface area contributed by atoms with Gasteiger partial charge in [-0.25, -0.2) is 9.18 Å². The Bertz CT molecular complexity index is 717. The Balaban J connectivity index is 2.56. The fourth-order valence-electron chi connectivity index (χ4n) is 1.96. The number of nitrogens with zero attached hydrogens (tertiary/aromatic N) is 2. The first-order valence-corrected chi connectivity index (χ1v) is 6.14. The lowest BCUT2D eigenvalue weighted by atomic mass is 9.99. The van der Waals surface area contributed by atoms with Crippen molar-refractivity contribution in [3.8, 4) is 11.8 Å². The fraction of sp³-hybridized carbons (Fsp3) is 0.500. The van der Waals surface area contributed by atoms with Crippen LogP contribution in [0.1, 0.15) is 8.97 Å². The van der Waals surface area contributed by atoms with E-state index >= 15 is 0 Å². The normalized spacial score (nSPS) is 33.8. The highest BCUT2D eigenvalue weighted by Crippen LogP contribution is 2.42. The number of ether oxygens (including phenoxy) is 1. The van der Waals surface area contributed by atoms with E-state index in [0.29, 0.717) is 0 Å². The van der Waals surface area contributed by atoms with Crippen molar-refractivity contribution in [1.29, 1.82) is 0 Å². The molecule has 4 N–H and O–H groups in total. The minimum Gasteiger partial charge on any atom is -0.394 e. The molecule has 9 heteroatoms. The molecule has 1 unspecified atom stereocenters. The number of halogens is 2. The molecule has 0 radical (unpaired) electrons. The molecular formula is C12H13ClFN3O4. The first kappa shape index (κ1) is 13.0. The van der Waals surface area contributed by atoms with E-state index < -0.39 is 42.2 Å². The molecule has 0 bridgehead atoms. The van der Waals surface area contributed by atoms with E-state index in [1.807, 2.05) is 5.92 Å². The zero-order chi connectivity index (χ0) is 17.4. The lowest BCUT2D eigenvalue weighted by molar-refractivity contribution is -0.0464. The van der Waals surface area contributed by atoms with Crippen molar-refractivity contribution >= 4 is 17.4 Å². The summed E-state index contributed by atoms with van der Waals surface area (Å²) >= 11 is 6.20. The second-order valence-electron chi connectivity index (χ2n) is 4.23. The maximum atomic E-state index is 12.4. The van der Waals surface area contributed by atoms with Gasteiger partial charge in [0, 0.05) is 6.20 Å². The summed E-state index contributed by atoms with van der Waals surface area (Å²) in [4.78, 5) is 13.3. The molecule has 0 aromatic carbocycles. The molecule has 4 atom stereocenters. The minimum atomic E-state index is -2.98. The molecule has 0 saturated carbocycles. The highest BCUT2D eigenvalue weighted by Gasteiger charge is 2.55. The molecule has 1 aromatic rings. The average Bonchev–Trinajstić information content (AvgIpc) is 2.70. The summed E-state index contributed by atoms with van der Waals surface area (Å²) in [5.74, 6) is 4.15. The molecule has 21 heavy (non-hydrogen) atoms. The zero-order valence-electron chi connectivity index (χ0n) is 12.5. The number of aromatic nitrogens is 2. The summed E-state index contributed by atoms with van der Waals surface area (Å²) in [6.07, 6.45) is -4.03. The van der Waals surface area contributed by atoms with Crippen molar-refractivity contribution in [3.05, 3.63) is 22.7 Å². The van der Waals surface area contributed by atoms with Crippen LogP contribution < -0.4 is 11.4 Å². The predicted octanol–water partition coefficient (Wildman–Crippen LogP) is -0.973. The van der Waals surface area contributed by atoms with Gasteiger partial charge in [-0.05, 0) is 6.07 Å². The first-order chi connectivity index (χ1) is 10.6. The number of aliphatic hydroxyl groups is 2. The van der Waals surface area contributed by atoms with Crippen molar-refractivity contribution in [2.45, 2.75) is 23.3 Å². The molecule has 1 saturated heterocycles. The largest absolute Gasteiger partial charge is 0.394 e. The van der Waals surface area contributed by atoms with Gasteiger partial charge in [0.25, 0.3) is 0 Å². The summed E-state index contributed by atoms with van der Waals surface area (Å²) in [6.45, 7) is -4.06. The van der Waals surface area contributed by atoms with Crippen LogP contribution in [-0.4, -0.2) is 50.1 Å². The molecule has 7 nitrogen and oxygen atoms in total. The Labute approximate surface area is 126 Å². The summed E-state index contributed by atoms with van der Waals surface area (Å²) in [6, 6.07) is 1.25. The van der Waals surface area contributed by atoms with Crippen LogP contribution in [0.3, 0.4) is 0 Å². The molecule has 1 aromatic heterocycles. The van der Waals surface area contributed by atoms with E-state index in [2.05, 4.69) is 10.9 Å². The topological polar surface area (TPSA) is 111 Å². The number of hydrogen-bond donors (Lipinski definition) is 3. The van der Waals surface area contributed by atoms with E-state index in [1.54, 1.807) is 0 Å². The van der Waals surface area contributed by atoms with Gasteiger partial charge in [0.15, 0.2) is 11.1 Å². The molecule has 114 valence electrons. The lowest BCUT2D eigenvalue weighted by Gasteiger charge is -2.25. The first-order valence-electron chi connectivity index (χ1n) is 6.76. The quantitative estimate of drug-likeness (QED) is 0.478. The molecule has 2 heterocycles. The second-order valence-corrected chi connectivity index (χ2v) is 4.85. The number of aliphatic hydroxyl groups excluding tert-OH is 1. The lowest BCUT2D eigenvalue weighted by Crippen LogP contribution is -2.43. The number of rotatable bonds is 2. The highest BCUT2D eigenvalue weighted by atomic mass is 35.5. The van der Waals surface area contributed by atoms with Crippen LogP contribution in [0.5, 0.6) is 0 Å². The predicted molar refractivity (Wildman–Crippen MR) is 72.2 cm³/mol. The van der Waals surface area contributed by atoms with Crippen LogP contribution in [0.4, 0.5) is 10.2 Å². The monoisotopic (exact) mass is 319 g/mol. The molecule has 1 aliphatic rings. The van der Waals surface area contributed by atoms with E-state index in [1.165, 1.54) is 6.07 Å². The summed E-state index contributed by atoms with van der Waals surface area (Å²) in [5, 5.41) is 19.7. The van der Waals surface area contributed by atoms with Gasteiger partial charge in [0.05, 0.1) is 9.30 Å². The third kappa shape index (κ3) is 2.73. The van der Waals surface area contributed by atoms with Crippen LogP contribution >= 0.6 is 11.6 Å². The van der Waals surface area contributed by atoms with Crippen LogP contribution in [0, 0.1) is 11.8 Å². The van der Waals surface area contributed by atoms with Crippen molar-refractivity contribution in [3.63, 3.8) is 0 Å². The van der Waals surface area contributed by atoms with Gasteiger partial charge < -0.3 is 20.7 Å². The number of hydrogen-bond acceptors (Lipinski definition) is 6. The van der Waals surface area contributed by atoms with Crippen molar-refractivity contribution in [2.75, 3.05) is 19.0 Å². The highest BCUT2D eigenvalue weighted by molar-refractivity contribution is 6.27. The number of anilines is 1. The van der Waals surface area contributed by atoms with E-state index in [4.69, 9.17) is 24.8 Å². The smallest absolute Gasteiger partial charge is 0.351 e. The maximum absolute atomic E-state index is 12.4. The third-order valence-corrected chi connectivity index (χ3v) is 3.44. The summed E-state index contributed by atoms with van der Waals surface area (Å²) in [7, 11) is 0. The Morgan fingerprint density at radius 2 is 2.48 bits per heavy atom. The molecule has 0 amide bonds. The van der Waals surface area contributed by atoms with Gasteiger partial charge in [0.1, 0.15) is 24.7 Å². The number of alkyl halides is 2. The molecule has 0 spiro atoms.